The van der Waals surface area contributed by atoms with Crippen molar-refractivity contribution < 1.29 is 8.42 Å². The Morgan fingerprint density at radius 2 is 1.68 bits per heavy atom. The van der Waals surface area contributed by atoms with Gasteiger partial charge in [0.1, 0.15) is 0 Å². The largest absolute Gasteiger partial charge is 0.299 e. The molecule has 3 aromatic rings. The molecule has 2 aromatic carbocycles. The molecule has 5 heteroatoms. The van der Waals surface area contributed by atoms with Crippen LogP contribution in [0.4, 0.5) is 0 Å². The molecule has 0 aliphatic carbocycles. The van der Waals surface area contributed by atoms with Crippen LogP contribution >= 0.6 is 0 Å². The Morgan fingerprint density at radius 3 is 2.40 bits per heavy atom. The Kier molecular flexibility index (Phi) is 4.13. The number of rotatable bonds is 4. The van der Waals surface area contributed by atoms with E-state index in [1.165, 1.54) is 16.8 Å². The highest BCUT2D eigenvalue weighted by Crippen LogP contribution is 2.24. The molecule has 2 heterocycles. The lowest BCUT2D eigenvalue weighted by molar-refractivity contribution is 0.331. The smallest absolute Gasteiger partial charge is 0.268 e. The maximum absolute atomic E-state index is 13.0. The topological polar surface area (TPSA) is 42.3 Å². The molecule has 0 bridgehead atoms. The second-order valence-corrected chi connectivity index (χ2v) is 8.62. The minimum Gasteiger partial charge on any atom is -0.299 e. The molecule has 4 rings (SSSR count). The van der Waals surface area contributed by atoms with E-state index in [1.807, 2.05) is 37.3 Å². The normalized spacial score (nSPS) is 15.9. The average molecular weight is 354 g/mol. The van der Waals surface area contributed by atoms with Gasteiger partial charge in [-0.3, -0.25) is 4.90 Å². The lowest BCUT2D eigenvalue weighted by Crippen LogP contribution is -2.18. The van der Waals surface area contributed by atoms with Gasteiger partial charge in [-0.1, -0.05) is 29.8 Å². The third kappa shape index (κ3) is 3.10. The lowest BCUT2D eigenvalue weighted by Gasteiger charge is -2.15. The number of hydrogen-bond acceptors (Lipinski definition) is 3. The summed E-state index contributed by atoms with van der Waals surface area (Å²) in [6.45, 7) is 5.08. The standard InChI is InChI=1S/C20H22N2O2S/c1-16-4-8-19(9-5-16)25(23,24)22-13-10-18-7-6-17(14-20(18)22)15-21-11-2-3-12-21/h4-10,13-14H,2-3,11-12,15H2,1H3. The first-order chi connectivity index (χ1) is 12.0. The molecule has 4 nitrogen and oxygen atoms in total. The fourth-order valence-electron chi connectivity index (χ4n) is 3.48. The van der Waals surface area contributed by atoms with Gasteiger partial charge in [-0.2, -0.15) is 0 Å². The van der Waals surface area contributed by atoms with Gasteiger partial charge in [-0.25, -0.2) is 12.4 Å². The molecule has 1 saturated heterocycles. The van der Waals surface area contributed by atoms with Crippen LogP contribution in [0.3, 0.4) is 0 Å². The fourth-order valence-corrected chi connectivity index (χ4v) is 4.83. The zero-order valence-electron chi connectivity index (χ0n) is 14.4. The molecule has 0 N–H and O–H groups in total. The molecular formula is C20H22N2O2S. The van der Waals surface area contributed by atoms with Crippen molar-refractivity contribution in [3.8, 4) is 0 Å². The SMILES string of the molecule is Cc1ccc(S(=O)(=O)n2ccc3ccc(CN4CCCC4)cc32)cc1. The number of benzene rings is 2. The van der Waals surface area contributed by atoms with E-state index in [-0.39, 0.29) is 0 Å². The van der Waals surface area contributed by atoms with Gasteiger partial charge in [0.05, 0.1) is 10.4 Å². The lowest BCUT2D eigenvalue weighted by atomic mass is 10.1. The second kappa shape index (κ2) is 6.32. The van der Waals surface area contributed by atoms with E-state index in [0.29, 0.717) is 4.90 Å². The van der Waals surface area contributed by atoms with Crippen molar-refractivity contribution in [2.45, 2.75) is 31.2 Å². The van der Waals surface area contributed by atoms with Crippen molar-refractivity contribution in [2.24, 2.45) is 0 Å². The zero-order valence-corrected chi connectivity index (χ0v) is 15.2. The van der Waals surface area contributed by atoms with Crippen LogP contribution in [0.5, 0.6) is 0 Å². The third-order valence-corrected chi connectivity index (χ3v) is 6.61. The summed E-state index contributed by atoms with van der Waals surface area (Å²) in [5, 5.41) is 0.945. The first-order valence-corrected chi connectivity index (χ1v) is 10.1. The van der Waals surface area contributed by atoms with Gasteiger partial charge in [0, 0.05) is 18.1 Å². The molecule has 25 heavy (non-hydrogen) atoms. The van der Waals surface area contributed by atoms with Gasteiger partial charge in [0.2, 0.25) is 0 Å². The van der Waals surface area contributed by atoms with Crippen LogP contribution in [0.2, 0.25) is 0 Å². The van der Waals surface area contributed by atoms with Gasteiger partial charge in [-0.05, 0) is 62.7 Å². The predicted octanol–water partition coefficient (Wildman–Crippen LogP) is 3.78. The first kappa shape index (κ1) is 16.4. The second-order valence-electron chi connectivity index (χ2n) is 6.81. The highest BCUT2D eigenvalue weighted by atomic mass is 32.2. The van der Waals surface area contributed by atoms with Crippen molar-refractivity contribution in [1.29, 1.82) is 0 Å². The van der Waals surface area contributed by atoms with Gasteiger partial charge < -0.3 is 0 Å². The molecule has 1 fully saturated rings. The maximum atomic E-state index is 13.0. The third-order valence-electron chi connectivity index (χ3n) is 4.90. The number of aryl methyl sites for hydroxylation is 1. The summed E-state index contributed by atoms with van der Waals surface area (Å²) in [7, 11) is -3.58. The molecule has 0 unspecified atom stereocenters. The molecule has 0 amide bonds. The Morgan fingerprint density at radius 1 is 0.960 bits per heavy atom. The van der Waals surface area contributed by atoms with Crippen molar-refractivity contribution in [1.82, 2.24) is 8.87 Å². The average Bonchev–Trinajstić information content (AvgIpc) is 3.24. The predicted molar refractivity (Wildman–Crippen MR) is 100 cm³/mol. The Hall–Kier alpha value is -2.11. The zero-order chi connectivity index (χ0) is 17.4. The van der Waals surface area contributed by atoms with Crippen molar-refractivity contribution in [2.75, 3.05) is 13.1 Å². The van der Waals surface area contributed by atoms with E-state index in [0.717, 1.165) is 41.7 Å². The molecule has 1 aromatic heterocycles. The molecule has 0 radical (unpaired) electrons. The van der Waals surface area contributed by atoms with Crippen LogP contribution in [0.25, 0.3) is 10.9 Å². The molecule has 0 atom stereocenters. The van der Waals surface area contributed by atoms with E-state index in [2.05, 4.69) is 11.0 Å². The van der Waals surface area contributed by atoms with E-state index < -0.39 is 10.0 Å². The number of aromatic nitrogens is 1. The fraction of sp³-hybridized carbons (Fsp3) is 0.300. The molecule has 1 aliphatic rings. The van der Waals surface area contributed by atoms with Crippen LogP contribution in [-0.2, 0) is 16.6 Å². The van der Waals surface area contributed by atoms with Crippen molar-refractivity contribution >= 4 is 20.9 Å². The van der Waals surface area contributed by atoms with Gasteiger partial charge in [0.15, 0.2) is 0 Å². The van der Waals surface area contributed by atoms with E-state index in [9.17, 15) is 8.42 Å². The molecule has 130 valence electrons. The Bertz CT molecular complexity index is 998. The van der Waals surface area contributed by atoms with Crippen LogP contribution in [0, 0.1) is 6.92 Å². The summed E-state index contributed by atoms with van der Waals surface area (Å²) in [5.74, 6) is 0. The van der Waals surface area contributed by atoms with Gasteiger partial charge >= 0.3 is 0 Å². The molecule has 1 aliphatic heterocycles. The van der Waals surface area contributed by atoms with Crippen LogP contribution in [-0.4, -0.2) is 30.4 Å². The minimum absolute atomic E-state index is 0.320. The number of fused-ring (bicyclic) bond motifs is 1. The Balaban J connectivity index is 1.74. The van der Waals surface area contributed by atoms with E-state index in [1.54, 1.807) is 18.3 Å². The Labute approximate surface area is 148 Å². The minimum atomic E-state index is -3.58. The first-order valence-electron chi connectivity index (χ1n) is 8.69. The monoisotopic (exact) mass is 354 g/mol. The number of hydrogen-bond donors (Lipinski definition) is 0. The number of likely N-dealkylation sites (tertiary alicyclic amines) is 1. The highest BCUT2D eigenvalue weighted by Gasteiger charge is 2.19. The van der Waals surface area contributed by atoms with E-state index >= 15 is 0 Å². The van der Waals surface area contributed by atoms with Crippen LogP contribution < -0.4 is 0 Å². The molecule has 0 saturated carbocycles. The summed E-state index contributed by atoms with van der Waals surface area (Å²) in [6.07, 6.45) is 4.15. The van der Waals surface area contributed by atoms with Crippen LogP contribution in [0.15, 0.2) is 59.6 Å². The van der Waals surface area contributed by atoms with Gasteiger partial charge in [0.25, 0.3) is 10.0 Å². The van der Waals surface area contributed by atoms with Gasteiger partial charge in [-0.15, -0.1) is 0 Å². The summed E-state index contributed by atoms with van der Waals surface area (Å²) >= 11 is 0. The van der Waals surface area contributed by atoms with Crippen LogP contribution in [0.1, 0.15) is 24.0 Å². The summed E-state index contributed by atoms with van der Waals surface area (Å²) in [4.78, 5) is 2.74. The summed E-state index contributed by atoms with van der Waals surface area (Å²) in [5.41, 5.74) is 2.95. The summed E-state index contributed by atoms with van der Waals surface area (Å²) in [6, 6.07) is 15.0. The quantitative estimate of drug-likeness (QED) is 0.716. The highest BCUT2D eigenvalue weighted by molar-refractivity contribution is 7.90. The molecule has 0 spiro atoms. The van der Waals surface area contributed by atoms with Crippen molar-refractivity contribution in [3.05, 3.63) is 65.9 Å². The van der Waals surface area contributed by atoms with E-state index in [4.69, 9.17) is 0 Å². The van der Waals surface area contributed by atoms with Crippen molar-refractivity contribution in [3.63, 3.8) is 0 Å². The maximum Gasteiger partial charge on any atom is 0.268 e. The summed E-state index contributed by atoms with van der Waals surface area (Å²) < 4.78 is 27.5. The molecular weight excluding hydrogens is 332 g/mol. The number of nitrogens with zero attached hydrogens (tertiary/aromatic N) is 2.